The maximum absolute atomic E-state index is 12.0. The molecule has 1 N–H and O–H groups in total. The maximum Gasteiger partial charge on any atom is 0.162 e. The van der Waals surface area contributed by atoms with Crippen molar-refractivity contribution < 1.29 is 9.63 Å². The first kappa shape index (κ1) is 17.1. The Labute approximate surface area is 126 Å². The summed E-state index contributed by atoms with van der Waals surface area (Å²) in [5.74, 6) is 0.718. The van der Waals surface area contributed by atoms with Crippen LogP contribution in [-0.4, -0.2) is 18.5 Å². The van der Waals surface area contributed by atoms with Gasteiger partial charge >= 0.3 is 0 Å². The van der Waals surface area contributed by atoms with Crippen molar-refractivity contribution in [2.24, 2.45) is 4.99 Å². The quantitative estimate of drug-likeness (QED) is 0.472. The van der Waals surface area contributed by atoms with Crippen LogP contribution in [0.15, 0.2) is 35.0 Å². The van der Waals surface area contributed by atoms with Crippen LogP contribution in [0.1, 0.15) is 46.1 Å². The van der Waals surface area contributed by atoms with Crippen LogP contribution < -0.4 is 10.3 Å². The molecule has 0 heterocycles. The topological polar surface area (TPSA) is 50.7 Å². The van der Waals surface area contributed by atoms with E-state index in [2.05, 4.69) is 17.4 Å². The van der Waals surface area contributed by atoms with Gasteiger partial charge in [-0.15, -0.1) is 0 Å². The van der Waals surface area contributed by atoms with Gasteiger partial charge in [-0.2, -0.15) is 5.48 Å². The molecular formula is C17H24N2O2. The molecule has 0 amide bonds. The normalized spacial score (nSPS) is 12.9. The Hall–Kier alpha value is -1.94. The third kappa shape index (κ3) is 5.16. The van der Waals surface area contributed by atoms with E-state index in [4.69, 9.17) is 4.84 Å². The van der Waals surface area contributed by atoms with Crippen molar-refractivity contribution in [1.29, 1.82) is 0 Å². The van der Waals surface area contributed by atoms with Gasteiger partial charge in [0.05, 0.1) is 0 Å². The second-order valence-corrected chi connectivity index (χ2v) is 4.94. The highest BCUT2D eigenvalue weighted by molar-refractivity contribution is 6.20. The third-order valence-corrected chi connectivity index (χ3v) is 3.05. The second-order valence-electron chi connectivity index (χ2n) is 4.94. The smallest absolute Gasteiger partial charge is 0.162 e. The van der Waals surface area contributed by atoms with Crippen LogP contribution >= 0.6 is 0 Å². The molecule has 1 aromatic carbocycles. The van der Waals surface area contributed by atoms with Crippen molar-refractivity contribution in [2.75, 3.05) is 7.05 Å². The molecule has 0 aliphatic rings. The number of nitrogens with one attached hydrogen (secondary N) is 1. The number of benzene rings is 1. The SMILES string of the molecule is CCCC(C)=N/C(C)=C(\C(C)=O)c1ccc(ONC)cc1. The van der Waals surface area contributed by atoms with Crippen LogP contribution in [0.2, 0.25) is 0 Å². The predicted molar refractivity (Wildman–Crippen MR) is 87.4 cm³/mol. The van der Waals surface area contributed by atoms with Crippen LogP contribution in [0.5, 0.6) is 5.75 Å². The first-order valence-corrected chi connectivity index (χ1v) is 7.19. The summed E-state index contributed by atoms with van der Waals surface area (Å²) in [6.45, 7) is 7.56. The summed E-state index contributed by atoms with van der Waals surface area (Å²) in [6, 6.07) is 7.39. The first-order valence-electron chi connectivity index (χ1n) is 7.19. The molecule has 0 bridgehead atoms. The zero-order valence-corrected chi connectivity index (χ0v) is 13.5. The van der Waals surface area contributed by atoms with Crippen molar-refractivity contribution in [1.82, 2.24) is 5.48 Å². The van der Waals surface area contributed by atoms with E-state index in [1.165, 1.54) is 0 Å². The van der Waals surface area contributed by atoms with Crippen LogP contribution in [0, 0.1) is 0 Å². The van der Waals surface area contributed by atoms with Gasteiger partial charge in [-0.05, 0) is 44.9 Å². The Morgan fingerprint density at radius 1 is 1.19 bits per heavy atom. The molecule has 114 valence electrons. The Kier molecular flexibility index (Phi) is 6.82. The summed E-state index contributed by atoms with van der Waals surface area (Å²) in [5.41, 5.74) is 5.93. The van der Waals surface area contributed by atoms with E-state index in [1.54, 1.807) is 14.0 Å². The average Bonchev–Trinajstić information content (AvgIpc) is 2.41. The van der Waals surface area contributed by atoms with Gasteiger partial charge in [0.15, 0.2) is 5.78 Å². The number of hydroxylamine groups is 1. The average molecular weight is 288 g/mol. The lowest BCUT2D eigenvalue weighted by Crippen LogP contribution is -2.10. The first-order chi connectivity index (χ1) is 9.99. The van der Waals surface area contributed by atoms with E-state index in [0.29, 0.717) is 11.3 Å². The van der Waals surface area contributed by atoms with Crippen molar-refractivity contribution in [3.05, 3.63) is 35.5 Å². The Balaban J connectivity index is 3.17. The van der Waals surface area contributed by atoms with Gasteiger partial charge in [0.2, 0.25) is 0 Å². The van der Waals surface area contributed by atoms with Gasteiger partial charge in [0.1, 0.15) is 5.75 Å². The van der Waals surface area contributed by atoms with E-state index < -0.39 is 0 Å². The summed E-state index contributed by atoms with van der Waals surface area (Å²) >= 11 is 0. The molecule has 21 heavy (non-hydrogen) atoms. The molecule has 0 saturated carbocycles. The predicted octanol–water partition coefficient (Wildman–Crippen LogP) is 3.78. The van der Waals surface area contributed by atoms with Crippen LogP contribution in [0.4, 0.5) is 0 Å². The maximum atomic E-state index is 12.0. The van der Waals surface area contributed by atoms with Gasteiger partial charge in [0.25, 0.3) is 0 Å². The monoisotopic (exact) mass is 288 g/mol. The Morgan fingerprint density at radius 2 is 1.81 bits per heavy atom. The van der Waals surface area contributed by atoms with Gasteiger partial charge in [-0.1, -0.05) is 25.5 Å². The summed E-state index contributed by atoms with van der Waals surface area (Å²) < 4.78 is 0. The summed E-state index contributed by atoms with van der Waals surface area (Å²) in [6.07, 6.45) is 1.99. The molecule has 0 fully saturated rings. The minimum atomic E-state index is 0.0165. The van der Waals surface area contributed by atoms with Gasteiger partial charge in [-0.25, -0.2) is 0 Å². The molecule has 0 radical (unpaired) electrons. The van der Waals surface area contributed by atoms with Crippen molar-refractivity contribution in [2.45, 2.75) is 40.5 Å². The number of carbonyl (C=O) groups is 1. The van der Waals surface area contributed by atoms with Crippen molar-refractivity contribution in [3.63, 3.8) is 0 Å². The number of nitrogens with zero attached hydrogens (tertiary/aromatic N) is 1. The molecule has 1 aromatic rings. The minimum Gasteiger partial charge on any atom is -0.409 e. The number of ketones is 1. The lowest BCUT2D eigenvalue weighted by Gasteiger charge is -2.09. The molecular weight excluding hydrogens is 264 g/mol. The fourth-order valence-corrected chi connectivity index (χ4v) is 2.23. The van der Waals surface area contributed by atoms with E-state index in [1.807, 2.05) is 38.1 Å². The summed E-state index contributed by atoms with van der Waals surface area (Å²) in [5, 5.41) is 0. The lowest BCUT2D eigenvalue weighted by molar-refractivity contribution is -0.111. The molecule has 0 aliphatic carbocycles. The number of allylic oxidation sites excluding steroid dienone is 2. The van der Waals surface area contributed by atoms with E-state index in [0.717, 1.165) is 29.8 Å². The molecule has 0 atom stereocenters. The van der Waals surface area contributed by atoms with Crippen LogP contribution in [-0.2, 0) is 4.79 Å². The molecule has 0 unspecified atom stereocenters. The van der Waals surface area contributed by atoms with Crippen molar-refractivity contribution in [3.8, 4) is 5.75 Å². The fraction of sp³-hybridized carbons (Fsp3) is 0.412. The van der Waals surface area contributed by atoms with Gasteiger partial charge in [0, 0.05) is 24.0 Å². The van der Waals surface area contributed by atoms with E-state index >= 15 is 0 Å². The molecule has 0 aromatic heterocycles. The summed E-state index contributed by atoms with van der Waals surface area (Å²) in [4.78, 5) is 21.7. The van der Waals surface area contributed by atoms with Crippen LogP contribution in [0.25, 0.3) is 5.57 Å². The van der Waals surface area contributed by atoms with E-state index in [9.17, 15) is 4.79 Å². The Morgan fingerprint density at radius 3 is 2.29 bits per heavy atom. The molecule has 0 spiro atoms. The van der Waals surface area contributed by atoms with Gasteiger partial charge < -0.3 is 4.84 Å². The third-order valence-electron chi connectivity index (χ3n) is 3.05. The molecule has 4 heteroatoms. The zero-order chi connectivity index (χ0) is 15.8. The van der Waals surface area contributed by atoms with Crippen LogP contribution in [0.3, 0.4) is 0 Å². The highest BCUT2D eigenvalue weighted by Crippen LogP contribution is 2.23. The lowest BCUT2D eigenvalue weighted by atomic mass is 10.0. The number of hydrogen-bond donors (Lipinski definition) is 1. The minimum absolute atomic E-state index is 0.0165. The number of Topliss-reactive ketones (excluding diaryl/α,β-unsaturated/α-hetero) is 1. The summed E-state index contributed by atoms with van der Waals surface area (Å²) in [7, 11) is 1.70. The molecule has 4 nitrogen and oxygen atoms in total. The zero-order valence-electron chi connectivity index (χ0n) is 13.5. The highest BCUT2D eigenvalue weighted by Gasteiger charge is 2.11. The highest BCUT2D eigenvalue weighted by atomic mass is 16.6. The number of aliphatic imine (C=N–C) groups is 1. The van der Waals surface area contributed by atoms with Gasteiger partial charge in [-0.3, -0.25) is 9.79 Å². The number of hydrogen-bond acceptors (Lipinski definition) is 4. The largest absolute Gasteiger partial charge is 0.409 e. The Bertz CT molecular complexity index is 542. The van der Waals surface area contributed by atoms with E-state index in [-0.39, 0.29) is 5.78 Å². The molecule has 0 saturated heterocycles. The van der Waals surface area contributed by atoms with Crippen molar-refractivity contribution >= 4 is 17.1 Å². The number of carbonyl (C=O) groups excluding carboxylic acids is 1. The standard InChI is InChI=1S/C17H24N2O2/c1-6-7-12(2)19-13(3)17(14(4)20)15-8-10-16(11-9-15)21-18-5/h8-11,18H,6-7H2,1-5H3/b17-13+,19-12?. The molecule has 1 rings (SSSR count). The molecule has 0 aliphatic heterocycles. The number of rotatable bonds is 7. The fourth-order valence-electron chi connectivity index (χ4n) is 2.23. The second kappa shape index (κ2) is 8.37.